The number of hydrogen-bond acceptors (Lipinski definition) is 5. The molecule has 4 aromatic rings. The number of alkyl halides is 2. The molecule has 1 unspecified atom stereocenters. The molecule has 0 saturated carbocycles. The Morgan fingerprint density at radius 3 is 2.52 bits per heavy atom. The van der Waals surface area contributed by atoms with E-state index in [0.29, 0.717) is 21.6 Å². The maximum atomic E-state index is 13.2. The number of ketones is 1. The summed E-state index contributed by atoms with van der Waals surface area (Å²) in [5.41, 5.74) is 3.15. The Morgan fingerprint density at radius 1 is 1.12 bits per heavy atom. The number of aryl methyl sites for hydroxylation is 1. The van der Waals surface area contributed by atoms with E-state index >= 15 is 0 Å². The number of nitrogens with zero attached hydrogens (tertiary/aromatic N) is 2. The second-order valence-corrected chi connectivity index (χ2v) is 8.83. The molecule has 6 nitrogen and oxygen atoms in total. The molecule has 1 atom stereocenters. The van der Waals surface area contributed by atoms with Gasteiger partial charge in [-0.3, -0.25) is 9.59 Å². The Labute approximate surface area is 192 Å². The number of nitrogens with one attached hydrogen (secondary N) is 1. The summed E-state index contributed by atoms with van der Waals surface area (Å²) in [5.74, 6) is -0.0396. The standard InChI is InChI=1S/C24H21F2N3O3S/c1-13-12-19(14(2)29(13)16-8-10-17(11-9-16)32-23(25)26)21(30)15(3)33-24-27-20-7-5-4-6-18(20)22(31)28-24/h4-12,15,23H,1-3H3,(H,27,28,31). The number of thioether (sulfide) groups is 1. The molecular formula is C24H21F2N3O3S. The summed E-state index contributed by atoms with van der Waals surface area (Å²) in [7, 11) is 0. The molecule has 9 heteroatoms. The van der Waals surface area contributed by atoms with Crippen molar-refractivity contribution in [1.29, 1.82) is 0 Å². The van der Waals surface area contributed by atoms with Crippen LogP contribution in [-0.2, 0) is 0 Å². The van der Waals surface area contributed by atoms with E-state index in [9.17, 15) is 18.4 Å². The molecule has 0 aliphatic heterocycles. The number of rotatable bonds is 7. The molecule has 2 aromatic heterocycles. The monoisotopic (exact) mass is 469 g/mol. The van der Waals surface area contributed by atoms with Crippen molar-refractivity contribution in [2.24, 2.45) is 0 Å². The zero-order valence-electron chi connectivity index (χ0n) is 18.1. The van der Waals surface area contributed by atoms with Crippen LogP contribution in [0.5, 0.6) is 5.75 Å². The number of halogens is 2. The van der Waals surface area contributed by atoms with E-state index in [2.05, 4.69) is 14.7 Å². The number of carbonyl (C=O) groups is 1. The maximum absolute atomic E-state index is 13.2. The number of aromatic nitrogens is 3. The number of fused-ring (bicyclic) bond motifs is 1. The lowest BCUT2D eigenvalue weighted by atomic mass is 10.1. The number of Topliss-reactive ketones (excluding diaryl/α,β-unsaturated/α-hetero) is 1. The molecule has 4 rings (SSSR count). The van der Waals surface area contributed by atoms with Crippen molar-refractivity contribution in [3.63, 3.8) is 0 Å². The van der Waals surface area contributed by atoms with Gasteiger partial charge in [0, 0.05) is 22.6 Å². The molecule has 0 radical (unpaired) electrons. The largest absolute Gasteiger partial charge is 0.435 e. The number of benzene rings is 2. The maximum Gasteiger partial charge on any atom is 0.387 e. The van der Waals surface area contributed by atoms with Crippen LogP contribution in [0.3, 0.4) is 0 Å². The highest BCUT2D eigenvalue weighted by atomic mass is 32.2. The third kappa shape index (κ3) is 4.68. The summed E-state index contributed by atoms with van der Waals surface area (Å²) in [6.07, 6.45) is 0. The lowest BCUT2D eigenvalue weighted by Gasteiger charge is -2.13. The van der Waals surface area contributed by atoms with Crippen molar-refractivity contribution in [1.82, 2.24) is 14.5 Å². The molecule has 1 N–H and O–H groups in total. The van der Waals surface area contributed by atoms with Crippen LogP contribution in [0, 0.1) is 13.8 Å². The van der Waals surface area contributed by atoms with Gasteiger partial charge in [0.05, 0.1) is 16.2 Å². The summed E-state index contributed by atoms with van der Waals surface area (Å²) >= 11 is 1.19. The minimum Gasteiger partial charge on any atom is -0.435 e. The van der Waals surface area contributed by atoms with Crippen LogP contribution in [-0.4, -0.2) is 32.2 Å². The van der Waals surface area contributed by atoms with Gasteiger partial charge < -0.3 is 14.3 Å². The Kier molecular flexibility index (Phi) is 6.33. The quantitative estimate of drug-likeness (QED) is 0.226. The van der Waals surface area contributed by atoms with Crippen molar-refractivity contribution in [3.05, 3.63) is 81.9 Å². The van der Waals surface area contributed by atoms with Crippen LogP contribution in [0.1, 0.15) is 28.7 Å². The first kappa shape index (κ1) is 22.7. The highest BCUT2D eigenvalue weighted by molar-refractivity contribution is 8.00. The minimum absolute atomic E-state index is 0.0643. The smallest absolute Gasteiger partial charge is 0.387 e. The van der Waals surface area contributed by atoms with Crippen LogP contribution >= 0.6 is 11.8 Å². The molecule has 33 heavy (non-hydrogen) atoms. The van der Waals surface area contributed by atoms with Crippen LogP contribution in [0.15, 0.2) is 64.5 Å². The predicted molar refractivity (Wildman–Crippen MR) is 124 cm³/mol. The van der Waals surface area contributed by atoms with Gasteiger partial charge in [-0.2, -0.15) is 8.78 Å². The van der Waals surface area contributed by atoms with Crippen molar-refractivity contribution in [2.75, 3.05) is 0 Å². The zero-order chi connectivity index (χ0) is 23.7. The predicted octanol–water partition coefficient (Wildman–Crippen LogP) is 5.30. The highest BCUT2D eigenvalue weighted by Gasteiger charge is 2.23. The fraction of sp³-hybridized carbons (Fsp3) is 0.208. The second-order valence-electron chi connectivity index (χ2n) is 7.51. The Bertz CT molecular complexity index is 1380. The van der Waals surface area contributed by atoms with Gasteiger partial charge in [0.15, 0.2) is 10.9 Å². The number of H-pyrrole nitrogens is 1. The molecule has 0 spiro atoms. The Morgan fingerprint density at radius 2 is 1.82 bits per heavy atom. The topological polar surface area (TPSA) is 77.0 Å². The van der Waals surface area contributed by atoms with E-state index in [1.165, 1.54) is 23.9 Å². The first-order chi connectivity index (χ1) is 15.7. The molecule has 2 heterocycles. The number of carbonyl (C=O) groups excluding carboxylic acids is 1. The van der Waals surface area contributed by atoms with Gasteiger partial charge in [0.2, 0.25) is 0 Å². The van der Waals surface area contributed by atoms with E-state index in [0.717, 1.165) is 17.1 Å². The second kappa shape index (κ2) is 9.19. The van der Waals surface area contributed by atoms with Crippen LogP contribution < -0.4 is 10.3 Å². The third-order valence-corrected chi connectivity index (χ3v) is 6.25. The fourth-order valence-corrected chi connectivity index (χ4v) is 4.62. The van der Waals surface area contributed by atoms with E-state index in [4.69, 9.17) is 0 Å². The van der Waals surface area contributed by atoms with Gasteiger partial charge in [-0.05, 0) is 63.2 Å². The van der Waals surface area contributed by atoms with Crippen molar-refractivity contribution in [3.8, 4) is 11.4 Å². The first-order valence-electron chi connectivity index (χ1n) is 10.2. The molecular weight excluding hydrogens is 448 g/mol. The lowest BCUT2D eigenvalue weighted by molar-refractivity contribution is -0.0498. The summed E-state index contributed by atoms with van der Waals surface area (Å²) in [4.78, 5) is 32.7. The van der Waals surface area contributed by atoms with Gasteiger partial charge in [-0.1, -0.05) is 23.9 Å². The van der Waals surface area contributed by atoms with E-state index in [-0.39, 0.29) is 17.1 Å². The summed E-state index contributed by atoms with van der Waals surface area (Å²) in [6, 6.07) is 15.1. The molecule has 0 amide bonds. The van der Waals surface area contributed by atoms with Crippen molar-refractivity contribution < 1.29 is 18.3 Å². The van der Waals surface area contributed by atoms with E-state index < -0.39 is 11.9 Å². The summed E-state index contributed by atoms with van der Waals surface area (Å²) in [6.45, 7) is 2.58. The minimum atomic E-state index is -2.89. The van der Waals surface area contributed by atoms with Gasteiger partial charge in [-0.15, -0.1) is 0 Å². The molecule has 0 bridgehead atoms. The van der Waals surface area contributed by atoms with Crippen molar-refractivity contribution in [2.45, 2.75) is 37.8 Å². The lowest BCUT2D eigenvalue weighted by Crippen LogP contribution is -2.17. The molecule has 0 aliphatic rings. The molecule has 170 valence electrons. The van der Waals surface area contributed by atoms with Crippen LogP contribution in [0.2, 0.25) is 0 Å². The molecule has 2 aromatic carbocycles. The molecule has 0 aliphatic carbocycles. The van der Waals surface area contributed by atoms with Gasteiger partial charge in [-0.25, -0.2) is 4.98 Å². The molecule has 0 fully saturated rings. The zero-order valence-corrected chi connectivity index (χ0v) is 19.0. The van der Waals surface area contributed by atoms with Gasteiger partial charge in [0.1, 0.15) is 5.75 Å². The number of ether oxygens (including phenoxy) is 1. The Balaban J connectivity index is 1.58. The fourth-order valence-electron chi connectivity index (χ4n) is 3.75. The number of aromatic amines is 1. The van der Waals surface area contributed by atoms with Crippen molar-refractivity contribution >= 4 is 28.4 Å². The first-order valence-corrected chi connectivity index (χ1v) is 11.1. The van der Waals surface area contributed by atoms with E-state index in [1.807, 2.05) is 18.4 Å². The number of para-hydroxylation sites is 1. The van der Waals surface area contributed by atoms with E-state index in [1.54, 1.807) is 49.4 Å². The molecule has 0 saturated heterocycles. The third-order valence-electron chi connectivity index (χ3n) is 5.27. The summed E-state index contributed by atoms with van der Waals surface area (Å²) in [5, 5.41) is 0.377. The highest BCUT2D eigenvalue weighted by Crippen LogP contribution is 2.28. The van der Waals surface area contributed by atoms with Crippen LogP contribution in [0.4, 0.5) is 8.78 Å². The van der Waals surface area contributed by atoms with Gasteiger partial charge in [0.25, 0.3) is 5.56 Å². The Hall–Kier alpha value is -3.46. The van der Waals surface area contributed by atoms with Crippen LogP contribution in [0.25, 0.3) is 16.6 Å². The normalized spacial score (nSPS) is 12.3. The summed E-state index contributed by atoms with van der Waals surface area (Å²) < 4.78 is 31.1. The SMILES string of the molecule is Cc1cc(C(=O)C(C)Sc2nc3ccccc3c(=O)[nH]2)c(C)n1-c1ccc(OC(F)F)cc1. The number of hydrogen-bond donors (Lipinski definition) is 1. The average Bonchev–Trinajstić information content (AvgIpc) is 3.07. The average molecular weight is 470 g/mol. The van der Waals surface area contributed by atoms with Gasteiger partial charge >= 0.3 is 6.61 Å².